The first-order valence-corrected chi connectivity index (χ1v) is 9.56. The minimum Gasteiger partial charge on any atom is -0.309 e. The summed E-state index contributed by atoms with van der Waals surface area (Å²) >= 11 is 1.31. The number of benzene rings is 2. The van der Waals surface area contributed by atoms with Gasteiger partial charge in [0.15, 0.2) is 4.87 Å². The third-order valence-electron chi connectivity index (χ3n) is 4.79. The second-order valence-electron chi connectivity index (χ2n) is 6.30. The summed E-state index contributed by atoms with van der Waals surface area (Å²) in [7, 11) is 0. The predicted molar refractivity (Wildman–Crippen MR) is 101 cm³/mol. The Balaban J connectivity index is 1.74. The molecule has 0 aliphatic carbocycles. The highest BCUT2D eigenvalue weighted by atomic mass is 32.2. The number of likely N-dealkylation sites (N-methyl/N-ethyl adjacent to an activating group) is 1. The third-order valence-corrected chi connectivity index (χ3v) is 6.21. The molecule has 8 heteroatoms. The van der Waals surface area contributed by atoms with Crippen LogP contribution in [0, 0.1) is 11.6 Å². The maximum absolute atomic E-state index is 14.0. The van der Waals surface area contributed by atoms with Gasteiger partial charge in [-0.15, -0.1) is 11.8 Å². The highest BCUT2D eigenvalue weighted by molar-refractivity contribution is 8.01. The summed E-state index contributed by atoms with van der Waals surface area (Å²) < 4.78 is 27.4. The number of carbonyl (C=O) groups excluding carboxylic acids is 2. The zero-order valence-electron chi connectivity index (χ0n) is 14.5. The van der Waals surface area contributed by atoms with Gasteiger partial charge in [0.25, 0.3) is 5.91 Å². The Kier molecular flexibility index (Phi) is 4.30. The smallest absolute Gasteiger partial charge is 0.309 e. The fourth-order valence-electron chi connectivity index (χ4n) is 3.66. The van der Waals surface area contributed by atoms with Gasteiger partial charge in [-0.05, 0) is 43.3 Å². The lowest BCUT2D eigenvalue weighted by molar-refractivity contribution is -0.123. The first-order chi connectivity index (χ1) is 13.0. The van der Waals surface area contributed by atoms with Gasteiger partial charge in [-0.2, -0.15) is 0 Å². The van der Waals surface area contributed by atoms with Crippen molar-refractivity contribution in [2.75, 3.05) is 29.1 Å². The molecule has 0 radical (unpaired) electrons. The molecule has 1 spiro atoms. The molecule has 1 N–H and O–H groups in total. The Morgan fingerprint density at radius 2 is 2.00 bits per heavy atom. The van der Waals surface area contributed by atoms with E-state index in [1.165, 1.54) is 47.0 Å². The van der Waals surface area contributed by atoms with Gasteiger partial charge in [-0.25, -0.2) is 13.6 Å². The number of nitrogens with zero attached hydrogens (tertiary/aromatic N) is 2. The van der Waals surface area contributed by atoms with Crippen LogP contribution in [-0.4, -0.2) is 35.7 Å². The van der Waals surface area contributed by atoms with Crippen molar-refractivity contribution in [3.63, 3.8) is 0 Å². The van der Waals surface area contributed by atoms with E-state index in [0.717, 1.165) is 0 Å². The summed E-state index contributed by atoms with van der Waals surface area (Å²) in [5.41, 5.74) is 1.39. The number of anilines is 2. The van der Waals surface area contributed by atoms with E-state index in [1.54, 1.807) is 17.0 Å². The van der Waals surface area contributed by atoms with E-state index in [4.69, 9.17) is 0 Å². The van der Waals surface area contributed by atoms with Crippen molar-refractivity contribution in [1.82, 2.24) is 4.90 Å². The second kappa shape index (κ2) is 6.53. The molecule has 3 amide bonds. The Hall–Kier alpha value is -2.61. The Morgan fingerprint density at radius 3 is 2.74 bits per heavy atom. The summed E-state index contributed by atoms with van der Waals surface area (Å²) in [5.74, 6) is -0.658. The van der Waals surface area contributed by atoms with Gasteiger partial charge in [0.05, 0.1) is 5.69 Å². The normalized spacial score (nSPS) is 21.1. The van der Waals surface area contributed by atoms with Crippen LogP contribution in [0.5, 0.6) is 0 Å². The van der Waals surface area contributed by atoms with Gasteiger partial charge >= 0.3 is 6.03 Å². The van der Waals surface area contributed by atoms with Crippen LogP contribution in [0.3, 0.4) is 0 Å². The van der Waals surface area contributed by atoms with E-state index in [9.17, 15) is 18.4 Å². The number of thioether (sulfide) groups is 1. The number of halogens is 2. The number of urea groups is 1. The predicted octanol–water partition coefficient (Wildman–Crippen LogP) is 3.77. The Morgan fingerprint density at radius 1 is 1.22 bits per heavy atom. The van der Waals surface area contributed by atoms with Gasteiger partial charge in [0.1, 0.15) is 11.6 Å². The minimum absolute atomic E-state index is 0.262. The van der Waals surface area contributed by atoms with Crippen LogP contribution in [-0.2, 0) is 9.67 Å². The fourth-order valence-corrected chi connectivity index (χ4v) is 5.11. The maximum Gasteiger partial charge on any atom is 0.323 e. The molecule has 0 saturated carbocycles. The van der Waals surface area contributed by atoms with E-state index in [0.29, 0.717) is 35.8 Å². The zero-order chi connectivity index (χ0) is 19.2. The van der Waals surface area contributed by atoms with Crippen LogP contribution >= 0.6 is 11.8 Å². The van der Waals surface area contributed by atoms with Gasteiger partial charge in [-0.3, -0.25) is 9.69 Å². The number of hydrogen-bond donors (Lipinski definition) is 1. The summed E-state index contributed by atoms with van der Waals surface area (Å²) in [6.45, 7) is 2.57. The number of amides is 3. The lowest BCUT2D eigenvalue weighted by Gasteiger charge is -2.33. The molecule has 140 valence electrons. The van der Waals surface area contributed by atoms with Crippen molar-refractivity contribution in [3.05, 3.63) is 59.7 Å². The standard InChI is InChI=1S/C19H17F2N3O2S/c1-2-23-16-7-6-13(21)11-15(16)19(17(23)25)24(8-9-27-19)18(26)22-14-5-3-4-12(20)10-14/h3-7,10-11H,2,8-9H2,1H3,(H,22,26). The van der Waals surface area contributed by atoms with Crippen LogP contribution in [0.4, 0.5) is 25.0 Å². The molecular weight excluding hydrogens is 372 g/mol. The molecule has 27 heavy (non-hydrogen) atoms. The van der Waals surface area contributed by atoms with Crippen LogP contribution in [0.1, 0.15) is 12.5 Å². The van der Waals surface area contributed by atoms with Gasteiger partial charge < -0.3 is 10.2 Å². The van der Waals surface area contributed by atoms with Crippen LogP contribution < -0.4 is 10.2 Å². The van der Waals surface area contributed by atoms with Crippen molar-refractivity contribution >= 4 is 35.1 Å². The van der Waals surface area contributed by atoms with Gasteiger partial charge in [-0.1, -0.05) is 6.07 Å². The van der Waals surface area contributed by atoms with Crippen molar-refractivity contribution in [2.24, 2.45) is 0 Å². The van der Waals surface area contributed by atoms with Crippen molar-refractivity contribution < 1.29 is 18.4 Å². The molecular formula is C19H17F2N3O2S. The highest BCUT2D eigenvalue weighted by Gasteiger charge is 2.59. The molecule has 0 aromatic heterocycles. The lowest BCUT2D eigenvalue weighted by Crippen LogP contribution is -2.51. The molecule has 1 saturated heterocycles. The van der Waals surface area contributed by atoms with E-state index in [1.807, 2.05) is 6.92 Å². The molecule has 0 bridgehead atoms. The van der Waals surface area contributed by atoms with Crippen LogP contribution in [0.15, 0.2) is 42.5 Å². The van der Waals surface area contributed by atoms with Crippen molar-refractivity contribution in [3.8, 4) is 0 Å². The number of rotatable bonds is 2. The van der Waals surface area contributed by atoms with Gasteiger partial charge in [0, 0.05) is 30.1 Å². The zero-order valence-corrected chi connectivity index (χ0v) is 15.4. The molecule has 1 unspecified atom stereocenters. The van der Waals surface area contributed by atoms with Crippen LogP contribution in [0.25, 0.3) is 0 Å². The quantitative estimate of drug-likeness (QED) is 0.851. The third kappa shape index (κ3) is 2.66. The summed E-state index contributed by atoms with van der Waals surface area (Å²) in [6, 6.07) is 9.23. The van der Waals surface area contributed by atoms with E-state index in [-0.39, 0.29) is 5.91 Å². The second-order valence-corrected chi connectivity index (χ2v) is 7.58. The maximum atomic E-state index is 14.0. The number of carbonyl (C=O) groups is 2. The first kappa shape index (κ1) is 17.8. The van der Waals surface area contributed by atoms with Crippen molar-refractivity contribution in [2.45, 2.75) is 11.8 Å². The molecule has 1 fully saturated rings. The van der Waals surface area contributed by atoms with E-state index < -0.39 is 22.5 Å². The molecule has 2 aromatic rings. The Labute approximate surface area is 159 Å². The molecule has 5 nitrogen and oxygen atoms in total. The fraction of sp³-hybridized carbons (Fsp3) is 0.263. The van der Waals surface area contributed by atoms with Gasteiger partial charge in [0.2, 0.25) is 0 Å². The highest BCUT2D eigenvalue weighted by Crippen LogP contribution is 2.54. The number of fused-ring (bicyclic) bond motifs is 2. The molecule has 2 aliphatic rings. The average molecular weight is 389 g/mol. The SMILES string of the molecule is CCN1C(=O)C2(SCCN2C(=O)Nc2cccc(F)c2)c2cc(F)ccc21. The Bertz CT molecular complexity index is 939. The lowest BCUT2D eigenvalue weighted by atomic mass is 10.1. The minimum atomic E-state index is -1.30. The van der Waals surface area contributed by atoms with E-state index in [2.05, 4.69) is 5.32 Å². The largest absolute Gasteiger partial charge is 0.323 e. The molecule has 2 heterocycles. The molecule has 4 rings (SSSR count). The van der Waals surface area contributed by atoms with Crippen molar-refractivity contribution in [1.29, 1.82) is 0 Å². The molecule has 1 atom stereocenters. The molecule has 2 aromatic carbocycles. The summed E-state index contributed by atoms with van der Waals surface area (Å²) in [5, 5.41) is 2.64. The monoisotopic (exact) mass is 389 g/mol. The first-order valence-electron chi connectivity index (χ1n) is 8.57. The van der Waals surface area contributed by atoms with Crippen LogP contribution in [0.2, 0.25) is 0 Å². The topological polar surface area (TPSA) is 52.7 Å². The summed E-state index contributed by atoms with van der Waals surface area (Å²) in [4.78, 5) is 27.9. The summed E-state index contributed by atoms with van der Waals surface area (Å²) in [6.07, 6.45) is 0. The van der Waals surface area contributed by atoms with E-state index >= 15 is 0 Å². The number of hydrogen-bond acceptors (Lipinski definition) is 3. The molecule has 2 aliphatic heterocycles. The number of nitrogens with one attached hydrogen (secondary N) is 1. The average Bonchev–Trinajstić information content (AvgIpc) is 3.17.